The van der Waals surface area contributed by atoms with E-state index in [1.807, 2.05) is 0 Å². The van der Waals surface area contributed by atoms with Gasteiger partial charge in [-0.2, -0.15) is 0 Å². The fourth-order valence-electron chi connectivity index (χ4n) is 1.94. The number of aliphatic carboxylic acids is 1. The van der Waals surface area contributed by atoms with Gasteiger partial charge >= 0.3 is 5.97 Å². The molecule has 14 heteroatoms. The number of carboxylic acid groups (broad SMARTS) is 1. The van der Waals surface area contributed by atoms with Crippen LogP contribution in [0.1, 0.15) is 32.1 Å². The fourth-order valence-corrected chi connectivity index (χ4v) is 1.94. The van der Waals surface area contributed by atoms with Crippen LogP contribution in [0, 0.1) is 0 Å². The van der Waals surface area contributed by atoms with Gasteiger partial charge in [-0.05, 0) is 12.8 Å². The number of primary amides is 1. The van der Waals surface area contributed by atoms with Crippen molar-refractivity contribution in [2.45, 2.75) is 50.4 Å². The first kappa shape index (κ1) is 24.7. The minimum Gasteiger partial charge on any atom is -0.481 e. The largest absolute Gasteiger partial charge is 0.481 e. The summed E-state index contributed by atoms with van der Waals surface area (Å²) in [6.45, 7) is -0.0223. The highest BCUT2D eigenvalue weighted by Gasteiger charge is 2.25. The number of hydrogen-bond acceptors (Lipinski definition) is 9. The summed E-state index contributed by atoms with van der Waals surface area (Å²) in [4.78, 5) is 66.9. The van der Waals surface area contributed by atoms with E-state index in [0.717, 1.165) is 0 Å². The predicted octanol–water partition coefficient (Wildman–Crippen LogP) is -3.56. The summed E-state index contributed by atoms with van der Waals surface area (Å²) in [7, 11) is 0. The first-order valence-corrected chi connectivity index (χ1v) is 7.99. The molecule has 0 saturated carbocycles. The number of nitrogens with one attached hydrogen (secondary N) is 3. The lowest BCUT2D eigenvalue weighted by Crippen LogP contribution is -2.51. The molecule has 0 aromatic heterocycles. The number of rotatable bonds is 14. The van der Waals surface area contributed by atoms with Crippen molar-refractivity contribution in [1.29, 1.82) is 0 Å². The third-order valence-corrected chi connectivity index (χ3v) is 3.34. The SMILES string of the molecule is NC(=O)CC[C@H](NC(=O)C(N)CCC(=O)NC(CC(=O)O)OC=O)C(=O)NO. The molecule has 0 saturated heterocycles. The molecule has 0 rings (SSSR count). The van der Waals surface area contributed by atoms with Gasteiger partial charge in [-0.1, -0.05) is 0 Å². The molecule has 9 N–H and O–H groups in total. The summed E-state index contributed by atoms with van der Waals surface area (Å²) >= 11 is 0. The molecule has 0 spiro atoms. The van der Waals surface area contributed by atoms with Crippen LogP contribution in [0.25, 0.3) is 0 Å². The zero-order valence-electron chi connectivity index (χ0n) is 14.8. The molecule has 0 fully saturated rings. The van der Waals surface area contributed by atoms with Crippen LogP contribution in [0.2, 0.25) is 0 Å². The number of ether oxygens (including phenoxy) is 1. The van der Waals surface area contributed by atoms with Crippen LogP contribution in [0.15, 0.2) is 0 Å². The molecule has 0 aromatic rings. The Morgan fingerprint density at radius 1 is 1.04 bits per heavy atom. The normalized spacial score (nSPS) is 13.4. The van der Waals surface area contributed by atoms with E-state index in [1.54, 1.807) is 0 Å². The minimum absolute atomic E-state index is 0.0223. The van der Waals surface area contributed by atoms with Crippen molar-refractivity contribution in [3.63, 3.8) is 0 Å². The molecule has 0 aliphatic carbocycles. The number of hydroxylamine groups is 1. The Kier molecular flexibility index (Phi) is 11.5. The lowest BCUT2D eigenvalue weighted by atomic mass is 10.1. The number of carbonyl (C=O) groups is 6. The Bertz CT molecular complexity index is 598. The Labute approximate surface area is 158 Å². The third kappa shape index (κ3) is 10.7. The van der Waals surface area contributed by atoms with Crippen molar-refractivity contribution >= 4 is 36.1 Å². The van der Waals surface area contributed by atoms with Crippen LogP contribution < -0.4 is 27.6 Å². The lowest BCUT2D eigenvalue weighted by molar-refractivity contribution is -0.146. The summed E-state index contributed by atoms with van der Waals surface area (Å²) in [5.41, 5.74) is 11.9. The Morgan fingerprint density at radius 2 is 1.68 bits per heavy atom. The number of carbonyl (C=O) groups excluding carboxylic acids is 5. The van der Waals surface area contributed by atoms with Crippen molar-refractivity contribution in [3.05, 3.63) is 0 Å². The highest BCUT2D eigenvalue weighted by molar-refractivity contribution is 5.90. The van der Waals surface area contributed by atoms with E-state index >= 15 is 0 Å². The van der Waals surface area contributed by atoms with E-state index in [-0.39, 0.29) is 32.2 Å². The van der Waals surface area contributed by atoms with Crippen molar-refractivity contribution in [2.24, 2.45) is 11.5 Å². The topological polar surface area (TPSA) is 240 Å². The predicted molar refractivity (Wildman–Crippen MR) is 88.8 cm³/mol. The van der Waals surface area contributed by atoms with Crippen LogP contribution in [0.3, 0.4) is 0 Å². The molecule has 0 aliphatic rings. The van der Waals surface area contributed by atoms with E-state index in [2.05, 4.69) is 15.4 Å². The molecular formula is C14H23N5O9. The maximum Gasteiger partial charge on any atom is 0.309 e. The smallest absolute Gasteiger partial charge is 0.309 e. The molecule has 0 heterocycles. The van der Waals surface area contributed by atoms with Crippen LogP contribution in [0.4, 0.5) is 0 Å². The highest BCUT2D eigenvalue weighted by atomic mass is 16.5. The first-order valence-electron chi connectivity index (χ1n) is 7.99. The molecule has 0 bridgehead atoms. The maximum absolute atomic E-state index is 12.0. The first-order chi connectivity index (χ1) is 13.1. The Hall–Kier alpha value is -3.26. The monoisotopic (exact) mass is 405 g/mol. The molecule has 2 unspecified atom stereocenters. The van der Waals surface area contributed by atoms with Gasteiger partial charge in [-0.15, -0.1) is 0 Å². The summed E-state index contributed by atoms with van der Waals surface area (Å²) < 4.78 is 4.41. The Morgan fingerprint density at radius 3 is 2.18 bits per heavy atom. The molecule has 0 radical (unpaired) electrons. The van der Waals surface area contributed by atoms with Gasteiger partial charge in [0, 0.05) is 12.8 Å². The van der Waals surface area contributed by atoms with Gasteiger partial charge in [0.1, 0.15) is 12.5 Å². The standard InChI is InChI=1S/C14H23N5O9/c15-7(1-4-10(22)18-11(28-6-20)5-12(23)24)13(25)17-8(14(26)19-27)2-3-9(16)21/h6-8,11,27H,1-5,15H2,(H2,16,21)(H,17,25)(H,18,22)(H,19,26)(H,23,24)/t7?,8-,11?/m0/s1. The minimum atomic E-state index is -1.38. The quantitative estimate of drug-likeness (QED) is 0.0649. The molecule has 4 amide bonds. The molecule has 3 atom stereocenters. The van der Waals surface area contributed by atoms with Gasteiger partial charge in [-0.25, -0.2) is 5.48 Å². The summed E-state index contributed by atoms with van der Waals surface area (Å²) in [6.07, 6.45) is -2.96. The van der Waals surface area contributed by atoms with Gasteiger partial charge in [-0.3, -0.25) is 34.0 Å². The zero-order chi connectivity index (χ0) is 21.7. The molecule has 0 aromatic carbocycles. The van der Waals surface area contributed by atoms with Gasteiger partial charge in [0.15, 0.2) is 6.23 Å². The fraction of sp³-hybridized carbons (Fsp3) is 0.571. The van der Waals surface area contributed by atoms with Crippen molar-refractivity contribution in [1.82, 2.24) is 16.1 Å². The van der Waals surface area contributed by atoms with Crippen LogP contribution in [0.5, 0.6) is 0 Å². The van der Waals surface area contributed by atoms with E-state index in [1.165, 1.54) is 5.48 Å². The summed E-state index contributed by atoms with van der Waals surface area (Å²) in [5, 5.41) is 21.6. The second kappa shape index (κ2) is 13.0. The second-order valence-electron chi connectivity index (χ2n) is 5.57. The van der Waals surface area contributed by atoms with Gasteiger partial charge in [0.2, 0.25) is 17.7 Å². The summed E-state index contributed by atoms with van der Waals surface area (Å²) in [6, 6.07) is -2.51. The highest BCUT2D eigenvalue weighted by Crippen LogP contribution is 2.02. The number of carboxylic acids is 1. The molecular weight excluding hydrogens is 382 g/mol. The number of amides is 4. The molecule has 0 aliphatic heterocycles. The average molecular weight is 405 g/mol. The number of hydrogen-bond donors (Lipinski definition) is 7. The van der Waals surface area contributed by atoms with Gasteiger partial charge in [0.25, 0.3) is 12.4 Å². The number of nitrogens with two attached hydrogens (primary N) is 2. The van der Waals surface area contributed by atoms with E-state index < -0.39 is 54.3 Å². The maximum atomic E-state index is 12.0. The Balaban J connectivity index is 4.59. The molecule has 14 nitrogen and oxygen atoms in total. The van der Waals surface area contributed by atoms with E-state index in [4.69, 9.17) is 21.8 Å². The van der Waals surface area contributed by atoms with Crippen molar-refractivity contribution < 1.29 is 43.8 Å². The van der Waals surface area contributed by atoms with Crippen molar-refractivity contribution in [3.8, 4) is 0 Å². The van der Waals surface area contributed by atoms with Gasteiger partial charge in [0.05, 0.1) is 6.04 Å². The van der Waals surface area contributed by atoms with Gasteiger partial charge < -0.3 is 31.9 Å². The summed E-state index contributed by atoms with van der Waals surface area (Å²) in [5.74, 6) is -4.58. The van der Waals surface area contributed by atoms with Crippen LogP contribution in [-0.4, -0.2) is 64.7 Å². The molecule has 158 valence electrons. The van der Waals surface area contributed by atoms with E-state index in [0.29, 0.717) is 0 Å². The van der Waals surface area contributed by atoms with E-state index in [9.17, 15) is 28.8 Å². The zero-order valence-corrected chi connectivity index (χ0v) is 14.8. The van der Waals surface area contributed by atoms with Crippen LogP contribution >= 0.6 is 0 Å². The second-order valence-corrected chi connectivity index (χ2v) is 5.57. The van der Waals surface area contributed by atoms with Crippen molar-refractivity contribution in [2.75, 3.05) is 0 Å². The third-order valence-electron chi connectivity index (χ3n) is 3.34. The molecule has 28 heavy (non-hydrogen) atoms. The van der Waals surface area contributed by atoms with Crippen LogP contribution in [-0.2, 0) is 33.5 Å². The average Bonchev–Trinajstić information content (AvgIpc) is 2.61. The lowest BCUT2D eigenvalue weighted by Gasteiger charge is -2.19.